The lowest BCUT2D eigenvalue weighted by molar-refractivity contribution is 0.0291. The number of piperidine rings is 1. The van der Waals surface area contributed by atoms with Crippen LogP contribution in [0.4, 0.5) is 0 Å². The van der Waals surface area contributed by atoms with Crippen LogP contribution in [0, 0.1) is 0 Å². The van der Waals surface area contributed by atoms with Crippen molar-refractivity contribution in [3.63, 3.8) is 0 Å². The number of ether oxygens (including phenoxy) is 2. The van der Waals surface area contributed by atoms with Gasteiger partial charge in [0.1, 0.15) is 24.7 Å². The molecule has 0 amide bonds. The Hall–Kier alpha value is -3.46. The Morgan fingerprint density at radius 2 is 1.67 bits per heavy atom. The summed E-state index contributed by atoms with van der Waals surface area (Å²) in [6.07, 6.45) is 11.2. The van der Waals surface area contributed by atoms with E-state index in [1.165, 1.54) is 31.2 Å². The van der Waals surface area contributed by atoms with Gasteiger partial charge in [-0.05, 0) is 73.8 Å². The van der Waals surface area contributed by atoms with Crippen LogP contribution in [0.25, 0.3) is 16.7 Å². The standard InChI is InChI=1S/C24H26ClN3O.C15H17ClN2O/c25-21-13-19-7-4-10-26-23(19)24-20(14-21)16-28(17-29-24)22-8-11-27(12-9-22)15-18-5-2-1-3-6-18;1-2-3-7-18-9-11-8-13(16)12-5-4-6-17-14(12)15(11)19-10-18/h1-7,10,14,22H,8-9,11-13,15-17H2;4-6,8H,2-3,7,9-10H2,1H3. The van der Waals surface area contributed by atoms with Gasteiger partial charge in [0.05, 0.1) is 5.02 Å². The first kappa shape index (κ1) is 33.1. The highest BCUT2D eigenvalue weighted by Crippen LogP contribution is 2.37. The van der Waals surface area contributed by atoms with Gasteiger partial charge < -0.3 is 9.47 Å². The molecule has 0 spiro atoms. The van der Waals surface area contributed by atoms with E-state index in [0.717, 1.165) is 101 Å². The quantitative estimate of drug-likeness (QED) is 0.203. The summed E-state index contributed by atoms with van der Waals surface area (Å²) < 4.78 is 12.2. The fraction of sp³-hybridized carbons (Fsp3) is 0.385. The first-order valence-corrected chi connectivity index (χ1v) is 17.9. The van der Waals surface area contributed by atoms with Gasteiger partial charge in [-0.1, -0.05) is 72.9 Å². The summed E-state index contributed by atoms with van der Waals surface area (Å²) >= 11 is 12.8. The third-order valence-electron chi connectivity index (χ3n) is 9.64. The van der Waals surface area contributed by atoms with E-state index in [1.54, 1.807) is 6.20 Å². The number of fused-ring (bicyclic) bond motifs is 5. The summed E-state index contributed by atoms with van der Waals surface area (Å²) in [6.45, 7) is 9.60. The minimum atomic E-state index is 0.551. The number of hydrogen-bond acceptors (Lipinski definition) is 7. The number of benzene rings is 2. The summed E-state index contributed by atoms with van der Waals surface area (Å²) in [7, 11) is 0. The second-order valence-electron chi connectivity index (χ2n) is 13.1. The van der Waals surface area contributed by atoms with E-state index in [1.807, 2.05) is 30.5 Å². The predicted octanol–water partition coefficient (Wildman–Crippen LogP) is 8.27. The van der Waals surface area contributed by atoms with Gasteiger partial charge in [0, 0.05) is 72.6 Å². The van der Waals surface area contributed by atoms with Gasteiger partial charge in [-0.3, -0.25) is 24.7 Å². The van der Waals surface area contributed by atoms with Gasteiger partial charge in [-0.25, -0.2) is 0 Å². The second kappa shape index (κ2) is 15.4. The molecule has 4 aliphatic rings. The van der Waals surface area contributed by atoms with Crippen LogP contribution in [0.1, 0.15) is 55.0 Å². The highest BCUT2D eigenvalue weighted by Gasteiger charge is 2.31. The molecule has 0 unspecified atom stereocenters. The number of nitrogens with zero attached hydrogens (tertiary/aromatic N) is 5. The molecular formula is C39H43Cl2N5O2. The molecule has 0 radical (unpaired) electrons. The number of rotatable bonds is 6. The highest BCUT2D eigenvalue weighted by atomic mass is 35.5. The maximum Gasteiger partial charge on any atom is 0.152 e. The number of aromatic nitrogens is 2. The molecule has 3 aliphatic heterocycles. The first-order valence-electron chi connectivity index (χ1n) is 17.1. The summed E-state index contributed by atoms with van der Waals surface area (Å²) in [6, 6.07) is 21.3. The van der Waals surface area contributed by atoms with Crippen molar-refractivity contribution in [3.8, 4) is 5.75 Å². The lowest BCUT2D eigenvalue weighted by atomic mass is 10.0. The second-order valence-corrected chi connectivity index (χ2v) is 14.0. The molecule has 2 aromatic heterocycles. The molecule has 7 nitrogen and oxygen atoms in total. The molecule has 0 bridgehead atoms. The minimum absolute atomic E-state index is 0.551. The Morgan fingerprint density at radius 3 is 2.50 bits per heavy atom. The zero-order valence-electron chi connectivity index (χ0n) is 27.6. The van der Waals surface area contributed by atoms with E-state index >= 15 is 0 Å². The van der Waals surface area contributed by atoms with Crippen molar-refractivity contribution in [2.45, 2.75) is 58.2 Å². The smallest absolute Gasteiger partial charge is 0.152 e. The van der Waals surface area contributed by atoms with Gasteiger partial charge >= 0.3 is 0 Å². The first-order chi connectivity index (χ1) is 23.6. The maximum absolute atomic E-state index is 6.52. The zero-order valence-corrected chi connectivity index (χ0v) is 29.1. The average Bonchev–Trinajstić information content (AvgIpc) is 3.26. The van der Waals surface area contributed by atoms with Gasteiger partial charge in [0.2, 0.25) is 0 Å². The molecule has 1 fully saturated rings. The third-order valence-corrected chi connectivity index (χ3v) is 10.2. The Bertz CT molecular complexity index is 1790. The fourth-order valence-electron chi connectivity index (χ4n) is 7.11. The summed E-state index contributed by atoms with van der Waals surface area (Å²) in [4.78, 5) is 16.3. The van der Waals surface area contributed by atoms with Crippen LogP contribution in [0.5, 0.6) is 5.75 Å². The van der Waals surface area contributed by atoms with Crippen molar-refractivity contribution in [2.24, 2.45) is 0 Å². The number of unbranched alkanes of at least 4 members (excludes halogenated alkanes) is 1. The molecule has 1 saturated heterocycles. The van der Waals surface area contributed by atoms with Crippen molar-refractivity contribution in [1.82, 2.24) is 24.7 Å². The molecule has 0 N–H and O–H groups in total. The van der Waals surface area contributed by atoms with Gasteiger partial charge in [0.25, 0.3) is 0 Å². The van der Waals surface area contributed by atoms with Crippen LogP contribution >= 0.6 is 23.2 Å². The number of allylic oxidation sites excluding steroid dienone is 1. The SMILES string of the molecule is CCCCN1COc2c(cc(Cl)c3cccnc23)C1.ClC1=CC2=C(OCN(C3CCN(Cc4ccccc4)CC3)C2)c2ncccc2C1. The Balaban J connectivity index is 0.000000166. The van der Waals surface area contributed by atoms with E-state index < -0.39 is 0 Å². The Labute approximate surface area is 293 Å². The Kier molecular flexibility index (Phi) is 10.6. The molecular weight excluding hydrogens is 641 g/mol. The maximum atomic E-state index is 6.52. The van der Waals surface area contributed by atoms with Crippen molar-refractivity contribution in [3.05, 3.63) is 117 Å². The van der Waals surface area contributed by atoms with Crippen molar-refractivity contribution >= 4 is 39.9 Å². The largest absolute Gasteiger partial charge is 0.476 e. The lowest BCUT2D eigenvalue weighted by Gasteiger charge is -2.40. The van der Waals surface area contributed by atoms with Crippen LogP contribution < -0.4 is 4.74 Å². The van der Waals surface area contributed by atoms with E-state index in [4.69, 9.17) is 32.7 Å². The fourth-order valence-corrected chi connectivity index (χ4v) is 7.67. The molecule has 0 atom stereocenters. The number of pyridine rings is 2. The van der Waals surface area contributed by atoms with E-state index in [9.17, 15) is 0 Å². The minimum Gasteiger partial charge on any atom is -0.476 e. The molecule has 8 rings (SSSR count). The topological polar surface area (TPSA) is 54.0 Å². The molecule has 1 aliphatic carbocycles. The van der Waals surface area contributed by atoms with Gasteiger partial charge in [-0.15, -0.1) is 0 Å². The van der Waals surface area contributed by atoms with Crippen LogP contribution in [0.2, 0.25) is 5.02 Å². The third kappa shape index (κ3) is 7.56. The molecule has 2 aromatic carbocycles. The molecule has 48 heavy (non-hydrogen) atoms. The monoisotopic (exact) mass is 683 g/mol. The molecule has 250 valence electrons. The molecule has 9 heteroatoms. The van der Waals surface area contributed by atoms with E-state index in [0.29, 0.717) is 19.5 Å². The molecule has 4 aromatic rings. The van der Waals surface area contributed by atoms with Crippen molar-refractivity contribution in [1.29, 1.82) is 0 Å². The van der Waals surface area contributed by atoms with Crippen molar-refractivity contribution < 1.29 is 9.47 Å². The van der Waals surface area contributed by atoms with Crippen LogP contribution in [-0.2, 0) is 24.2 Å². The zero-order chi connectivity index (χ0) is 32.9. The average molecular weight is 685 g/mol. The van der Waals surface area contributed by atoms with E-state index in [2.05, 4.69) is 74.1 Å². The van der Waals surface area contributed by atoms with Crippen molar-refractivity contribution in [2.75, 3.05) is 39.6 Å². The highest BCUT2D eigenvalue weighted by molar-refractivity contribution is 6.35. The summed E-state index contributed by atoms with van der Waals surface area (Å²) in [5, 5.41) is 2.57. The molecule has 0 saturated carbocycles. The van der Waals surface area contributed by atoms with Crippen LogP contribution in [0.3, 0.4) is 0 Å². The van der Waals surface area contributed by atoms with E-state index in [-0.39, 0.29) is 0 Å². The van der Waals surface area contributed by atoms with Crippen LogP contribution in [0.15, 0.2) is 89.7 Å². The Morgan fingerprint density at radius 1 is 0.854 bits per heavy atom. The van der Waals surface area contributed by atoms with Crippen LogP contribution in [-0.4, -0.2) is 70.4 Å². The summed E-state index contributed by atoms with van der Waals surface area (Å²) in [5.74, 6) is 1.81. The lowest BCUT2D eigenvalue weighted by Crippen LogP contribution is -2.47. The molecule has 5 heterocycles. The number of halogens is 2. The normalized spacial score (nSPS) is 18.8. The predicted molar refractivity (Wildman–Crippen MR) is 194 cm³/mol. The number of hydrogen-bond donors (Lipinski definition) is 0. The van der Waals surface area contributed by atoms with Gasteiger partial charge in [0.15, 0.2) is 11.5 Å². The number of likely N-dealkylation sites (tertiary alicyclic amines) is 1. The van der Waals surface area contributed by atoms with Gasteiger partial charge in [-0.2, -0.15) is 0 Å². The summed E-state index contributed by atoms with van der Waals surface area (Å²) in [5.41, 5.74) is 6.66.